The van der Waals surface area contributed by atoms with Crippen LogP contribution in [0.25, 0.3) is 0 Å². The number of hydrogen-bond donors (Lipinski definition) is 1. The minimum Gasteiger partial charge on any atom is -0.491 e. The van der Waals surface area contributed by atoms with Crippen molar-refractivity contribution >= 4 is 22.1 Å². The molecule has 1 aromatic rings. The minimum atomic E-state index is 0.660. The molecule has 0 aliphatic rings. The van der Waals surface area contributed by atoms with E-state index in [1.54, 1.807) is 0 Å². The molecule has 0 aliphatic carbocycles. The van der Waals surface area contributed by atoms with Crippen LogP contribution in [0.4, 0.5) is 0 Å². The summed E-state index contributed by atoms with van der Waals surface area (Å²) in [6.45, 7) is 7.93. The summed E-state index contributed by atoms with van der Waals surface area (Å²) in [5.41, 5.74) is 0.820. The molecule has 1 rings (SSSR count). The fraction of sp³-hybridized carbons (Fsp3) is 0.462. The molecule has 1 aromatic carbocycles. The zero-order valence-electron chi connectivity index (χ0n) is 10.8. The lowest BCUT2D eigenvalue weighted by atomic mass is 10.2. The van der Waals surface area contributed by atoms with E-state index in [9.17, 15) is 0 Å². The minimum absolute atomic E-state index is 0.660. The molecule has 0 saturated heterocycles. The number of rotatable bonds is 7. The quantitative estimate of drug-likeness (QED) is 0.478. The molecule has 0 unspecified atom stereocenters. The van der Waals surface area contributed by atoms with Gasteiger partial charge in [-0.05, 0) is 52.8 Å². The molecular weight excluding hydrogens is 296 g/mol. The van der Waals surface area contributed by atoms with Crippen LogP contribution in [0.5, 0.6) is 5.75 Å². The van der Waals surface area contributed by atoms with E-state index in [4.69, 9.17) is 9.94 Å². The highest BCUT2D eigenvalue weighted by Gasteiger charge is 2.03. The predicted octanol–water partition coefficient (Wildman–Crippen LogP) is 2.98. The summed E-state index contributed by atoms with van der Waals surface area (Å²) in [6, 6.07) is 5.56. The molecule has 0 aliphatic heterocycles. The lowest BCUT2D eigenvalue weighted by Crippen LogP contribution is -2.27. The predicted molar refractivity (Wildman–Crippen MR) is 76.8 cm³/mol. The molecule has 0 atom stereocenters. The average Bonchev–Trinajstić information content (AvgIpc) is 2.37. The summed E-state index contributed by atoms with van der Waals surface area (Å²) >= 11 is 3.44. The van der Waals surface area contributed by atoms with Crippen molar-refractivity contribution in [3.8, 4) is 5.75 Å². The third-order valence-electron chi connectivity index (χ3n) is 2.72. The van der Waals surface area contributed by atoms with Crippen LogP contribution in [-0.4, -0.2) is 42.6 Å². The fourth-order valence-corrected chi connectivity index (χ4v) is 2.12. The number of likely N-dealkylation sites (N-methyl/N-ethyl adjacent to an activating group) is 1. The van der Waals surface area contributed by atoms with Crippen LogP contribution in [0.3, 0.4) is 0 Å². The number of halogens is 1. The van der Waals surface area contributed by atoms with Crippen molar-refractivity contribution in [2.75, 3.05) is 26.2 Å². The summed E-state index contributed by atoms with van der Waals surface area (Å²) in [5, 5.41) is 11.4. The van der Waals surface area contributed by atoms with Crippen LogP contribution in [0.1, 0.15) is 19.4 Å². The summed E-state index contributed by atoms with van der Waals surface area (Å²) in [4.78, 5) is 2.31. The molecule has 18 heavy (non-hydrogen) atoms. The van der Waals surface area contributed by atoms with Gasteiger partial charge >= 0.3 is 0 Å². The first kappa shape index (κ1) is 15.0. The van der Waals surface area contributed by atoms with Gasteiger partial charge in [0.2, 0.25) is 0 Å². The van der Waals surface area contributed by atoms with Gasteiger partial charge in [0.1, 0.15) is 12.4 Å². The van der Waals surface area contributed by atoms with E-state index in [2.05, 4.69) is 39.8 Å². The van der Waals surface area contributed by atoms with Gasteiger partial charge in [-0.15, -0.1) is 0 Å². The zero-order chi connectivity index (χ0) is 13.4. The Morgan fingerprint density at radius 2 is 2.11 bits per heavy atom. The second-order valence-electron chi connectivity index (χ2n) is 3.81. The first-order chi connectivity index (χ1) is 8.71. The van der Waals surface area contributed by atoms with Crippen molar-refractivity contribution in [1.29, 1.82) is 0 Å². The van der Waals surface area contributed by atoms with Gasteiger partial charge in [-0.25, -0.2) is 0 Å². The number of oxime groups is 1. The lowest BCUT2D eigenvalue weighted by molar-refractivity contribution is 0.222. The van der Waals surface area contributed by atoms with E-state index in [0.717, 1.165) is 35.4 Å². The molecule has 4 nitrogen and oxygen atoms in total. The smallest absolute Gasteiger partial charge is 0.133 e. The lowest BCUT2D eigenvalue weighted by Gasteiger charge is -2.18. The van der Waals surface area contributed by atoms with Crippen LogP contribution < -0.4 is 4.74 Å². The maximum atomic E-state index is 8.45. The molecule has 0 aromatic heterocycles. The van der Waals surface area contributed by atoms with Gasteiger partial charge in [-0.2, -0.15) is 0 Å². The van der Waals surface area contributed by atoms with E-state index in [0.29, 0.717) is 6.61 Å². The van der Waals surface area contributed by atoms with Gasteiger partial charge in [-0.3, -0.25) is 0 Å². The van der Waals surface area contributed by atoms with E-state index >= 15 is 0 Å². The highest BCUT2D eigenvalue weighted by atomic mass is 79.9. The third-order valence-corrected chi connectivity index (χ3v) is 3.34. The Morgan fingerprint density at radius 3 is 2.67 bits per heavy atom. The number of hydrogen-bond acceptors (Lipinski definition) is 4. The molecular formula is C13H19BrN2O2. The number of benzene rings is 1. The molecule has 0 spiro atoms. The van der Waals surface area contributed by atoms with Crippen molar-refractivity contribution in [2.45, 2.75) is 13.8 Å². The van der Waals surface area contributed by atoms with Crippen molar-refractivity contribution in [3.05, 3.63) is 28.2 Å². The van der Waals surface area contributed by atoms with Crippen molar-refractivity contribution in [2.24, 2.45) is 5.16 Å². The maximum Gasteiger partial charge on any atom is 0.133 e. The van der Waals surface area contributed by atoms with Gasteiger partial charge in [-0.1, -0.05) is 19.0 Å². The van der Waals surface area contributed by atoms with Crippen molar-refractivity contribution in [1.82, 2.24) is 4.90 Å². The van der Waals surface area contributed by atoms with Crippen LogP contribution >= 0.6 is 15.9 Å². The molecule has 0 amide bonds. The van der Waals surface area contributed by atoms with Crippen molar-refractivity contribution in [3.63, 3.8) is 0 Å². The van der Waals surface area contributed by atoms with Crippen LogP contribution in [0.15, 0.2) is 27.8 Å². The number of nitrogens with zero attached hydrogens (tertiary/aromatic N) is 2. The molecule has 1 N–H and O–H groups in total. The zero-order valence-corrected chi connectivity index (χ0v) is 12.4. The monoisotopic (exact) mass is 314 g/mol. The van der Waals surface area contributed by atoms with Gasteiger partial charge in [0, 0.05) is 6.54 Å². The second kappa shape index (κ2) is 8.11. The Balaban J connectivity index is 2.52. The fourth-order valence-electron chi connectivity index (χ4n) is 1.61. The summed E-state index contributed by atoms with van der Waals surface area (Å²) < 4.78 is 6.57. The van der Waals surface area contributed by atoms with Gasteiger partial charge in [0.05, 0.1) is 10.7 Å². The number of ether oxygens (including phenoxy) is 1. The summed E-state index contributed by atoms with van der Waals surface area (Å²) in [7, 11) is 0. The molecule has 0 heterocycles. The Kier molecular flexibility index (Phi) is 6.75. The third kappa shape index (κ3) is 4.66. The highest BCUT2D eigenvalue weighted by molar-refractivity contribution is 9.10. The summed E-state index contributed by atoms with van der Waals surface area (Å²) in [6.07, 6.45) is 1.38. The van der Waals surface area contributed by atoms with Crippen molar-refractivity contribution < 1.29 is 9.94 Å². The van der Waals surface area contributed by atoms with E-state index in [1.165, 1.54) is 6.21 Å². The first-order valence-corrected chi connectivity index (χ1v) is 6.82. The molecule has 0 radical (unpaired) electrons. The topological polar surface area (TPSA) is 45.1 Å². The average molecular weight is 315 g/mol. The van der Waals surface area contributed by atoms with Crippen LogP contribution in [-0.2, 0) is 0 Å². The largest absolute Gasteiger partial charge is 0.491 e. The van der Waals surface area contributed by atoms with Crippen LogP contribution in [0.2, 0.25) is 0 Å². The van der Waals surface area contributed by atoms with Gasteiger partial charge < -0.3 is 14.8 Å². The summed E-state index contributed by atoms with van der Waals surface area (Å²) in [5.74, 6) is 0.803. The standard InChI is InChI=1S/C13H19BrN2O2/c1-3-16(4-2)7-8-18-13-6-5-11(10-15-17)9-12(13)14/h5-6,9-10,17H,3-4,7-8H2,1-2H3. The molecule has 0 bridgehead atoms. The second-order valence-corrected chi connectivity index (χ2v) is 4.66. The first-order valence-electron chi connectivity index (χ1n) is 6.03. The Hall–Kier alpha value is -1.07. The maximum absolute atomic E-state index is 8.45. The van der Waals surface area contributed by atoms with E-state index < -0.39 is 0 Å². The highest BCUT2D eigenvalue weighted by Crippen LogP contribution is 2.25. The van der Waals surface area contributed by atoms with Crippen LogP contribution in [0, 0.1) is 0 Å². The van der Waals surface area contributed by atoms with E-state index in [-0.39, 0.29) is 0 Å². The van der Waals surface area contributed by atoms with Gasteiger partial charge in [0.25, 0.3) is 0 Å². The molecule has 0 saturated carbocycles. The van der Waals surface area contributed by atoms with E-state index in [1.807, 2.05) is 18.2 Å². The Bertz CT molecular complexity index is 393. The molecule has 5 heteroatoms. The Labute approximate surface area is 116 Å². The Morgan fingerprint density at radius 1 is 1.39 bits per heavy atom. The van der Waals surface area contributed by atoms with Gasteiger partial charge in [0.15, 0.2) is 0 Å². The molecule has 100 valence electrons. The normalized spacial score (nSPS) is 11.3. The SMILES string of the molecule is CCN(CC)CCOc1ccc(C=NO)cc1Br. The molecule has 0 fully saturated rings.